The summed E-state index contributed by atoms with van der Waals surface area (Å²) in [6, 6.07) is 2.85. The number of hydrogen-bond acceptors (Lipinski definition) is 21. The highest BCUT2D eigenvalue weighted by atomic mass is 32.2. The molecule has 14 amide bonds. The second-order valence-corrected chi connectivity index (χ2v) is 28.6. The lowest BCUT2D eigenvalue weighted by atomic mass is 10.0. The number of aliphatic imine (C=N–C) groups is 1. The number of likely N-dealkylation sites (tertiary alicyclic amines) is 2. The third kappa shape index (κ3) is 33.5. The Morgan fingerprint density at radius 2 is 0.927 bits per heavy atom. The van der Waals surface area contributed by atoms with Gasteiger partial charge in [0, 0.05) is 45.3 Å². The van der Waals surface area contributed by atoms with Crippen LogP contribution in [0.15, 0.2) is 65.7 Å². The lowest BCUT2D eigenvalue weighted by molar-refractivity contribution is -0.147. The average molecular weight is 1560 g/mol. The van der Waals surface area contributed by atoms with Crippen molar-refractivity contribution in [1.82, 2.24) is 63.0 Å². The normalized spacial score (nSPS) is 16.3. The van der Waals surface area contributed by atoms with Crippen LogP contribution >= 0.6 is 11.8 Å². The number of guanidine groups is 1. The molecule has 0 radical (unpaired) electrons. The molecule has 2 fully saturated rings. The maximum Gasteiger partial charge on any atom is 0.328 e. The van der Waals surface area contributed by atoms with E-state index in [4.69, 9.17) is 44.9 Å². The topological polar surface area (TPSA) is 587 Å². The van der Waals surface area contributed by atoms with E-state index in [0.29, 0.717) is 68.4 Å². The predicted octanol–water partition coefficient (Wildman–Crippen LogP) is -3.90. The summed E-state index contributed by atoms with van der Waals surface area (Å²) in [6.07, 6.45) is 3.96. The Hall–Kier alpha value is -10.0. The second-order valence-electron chi connectivity index (χ2n) is 27.6. The van der Waals surface area contributed by atoms with E-state index in [9.17, 15) is 71.9 Å². The van der Waals surface area contributed by atoms with E-state index in [0.717, 1.165) is 0 Å². The van der Waals surface area contributed by atoms with Crippen LogP contribution in [0.1, 0.15) is 147 Å². The predicted molar refractivity (Wildman–Crippen MR) is 411 cm³/mol. The highest BCUT2D eigenvalue weighted by Crippen LogP contribution is 2.24. The van der Waals surface area contributed by atoms with Gasteiger partial charge in [0.25, 0.3) is 0 Å². The van der Waals surface area contributed by atoms with Gasteiger partial charge < -0.3 is 108 Å². The van der Waals surface area contributed by atoms with Crippen LogP contribution in [0.2, 0.25) is 0 Å². The molecule has 0 unspecified atom stereocenters. The summed E-state index contributed by atoms with van der Waals surface area (Å²) in [5, 5.41) is 26.3. The number of carbonyl (C=O) groups is 15. The van der Waals surface area contributed by atoms with Crippen molar-refractivity contribution >= 4 is 106 Å². The number of amides is 14. The molecule has 2 saturated heterocycles. The Labute approximate surface area is 646 Å². The Kier molecular flexibility index (Phi) is 41.9. The maximum absolute atomic E-state index is 14.8. The zero-order chi connectivity index (χ0) is 81.2. The lowest BCUT2D eigenvalue weighted by Gasteiger charge is -2.32. The number of thioether (sulfide) groups is 1. The molecule has 2 heterocycles. The van der Waals surface area contributed by atoms with Gasteiger partial charge in [0.1, 0.15) is 60.4 Å². The van der Waals surface area contributed by atoms with E-state index in [1.54, 1.807) is 87.7 Å². The van der Waals surface area contributed by atoms with Gasteiger partial charge >= 0.3 is 5.97 Å². The fraction of sp³-hybridized carbons (Fsp3) is 0.616. The average Bonchev–Trinajstić information content (AvgIpc) is 1.64. The van der Waals surface area contributed by atoms with Crippen molar-refractivity contribution in [3.05, 3.63) is 71.8 Å². The minimum atomic E-state index is -1.68. The number of unbranched alkanes of at least 4 members (excludes halogenated alkanes) is 2. The summed E-state index contributed by atoms with van der Waals surface area (Å²) in [6.45, 7) is 5.23. The molecule has 610 valence electrons. The van der Waals surface area contributed by atoms with Gasteiger partial charge in [0.05, 0.1) is 25.7 Å². The standard InChI is InChI=1S/C73H116N20O16S/c1-5-109-72(108)52(25-13-15-34-75)84-60(96)42-82-62(98)50(32-38-110-4)87-66(102)53(39-44(2)3)85-61(97)43-83-63(99)54(40-45-19-8-6-9-20-45)90-67(103)55(41-46-21-10-7-11-22-46)91-65(101)48(28-30-58(77)94)86-64(100)49(29-31-59(78)95)88-68(104)57-27-18-37-93(57)71(107)51(24-12-14-33-74)89-69(105)56-26-17-36-92(56)70(106)47(76)23-16-35-81-73(79)80/h6-11,19-22,44,47-57H,5,12-18,23-43,74-76H2,1-4H3,(H2,77,94)(H2,78,95)(H,82,98)(H,83,99)(H,84,96)(H,85,97)(H,86,100)(H,87,102)(H,88,104)(H,89,105)(H,90,103)(H,91,101)(H4,79,80,81)/t47-,48-,49-,50-,51-,52-,53-,54-,55-,56-,57-/m0/s1. The lowest BCUT2D eigenvalue weighted by Crippen LogP contribution is -2.60. The third-order valence-electron chi connectivity index (χ3n) is 18.3. The van der Waals surface area contributed by atoms with Gasteiger partial charge in [-0.25, -0.2) is 4.79 Å². The first kappa shape index (κ1) is 92.4. The molecule has 0 spiro atoms. The molecule has 2 aliphatic rings. The molecule has 2 aliphatic heterocycles. The van der Waals surface area contributed by atoms with Crippen LogP contribution in [0.25, 0.3) is 0 Å². The number of nitrogens with two attached hydrogens (primary N) is 7. The molecule has 11 atom stereocenters. The van der Waals surface area contributed by atoms with Crippen molar-refractivity contribution in [3.63, 3.8) is 0 Å². The number of rotatable bonds is 51. The first-order valence-electron chi connectivity index (χ1n) is 37.6. The van der Waals surface area contributed by atoms with Crippen LogP contribution in [0, 0.1) is 5.92 Å². The summed E-state index contributed by atoms with van der Waals surface area (Å²) in [7, 11) is 0. The Balaban J connectivity index is 1.55. The van der Waals surface area contributed by atoms with E-state index in [1.165, 1.54) is 21.6 Å². The molecular formula is C73H116N20O16S. The van der Waals surface area contributed by atoms with Crippen molar-refractivity contribution in [2.75, 3.05) is 64.4 Å². The maximum atomic E-state index is 14.8. The Bertz CT molecular complexity index is 3410. The van der Waals surface area contributed by atoms with Crippen molar-refractivity contribution in [1.29, 1.82) is 0 Å². The first-order valence-corrected chi connectivity index (χ1v) is 39.0. The summed E-state index contributed by atoms with van der Waals surface area (Å²) < 4.78 is 5.11. The highest BCUT2D eigenvalue weighted by molar-refractivity contribution is 7.98. The zero-order valence-corrected chi connectivity index (χ0v) is 64.3. The van der Waals surface area contributed by atoms with Gasteiger partial charge in [-0.15, -0.1) is 0 Å². The van der Waals surface area contributed by atoms with E-state index in [2.05, 4.69) is 58.2 Å². The molecule has 0 bridgehead atoms. The van der Waals surface area contributed by atoms with Gasteiger partial charge in [-0.3, -0.25) is 72.1 Å². The Morgan fingerprint density at radius 3 is 1.40 bits per heavy atom. The van der Waals surface area contributed by atoms with Crippen LogP contribution < -0.4 is 93.3 Å². The quantitative estimate of drug-likeness (QED) is 0.0130. The number of esters is 1. The van der Waals surface area contributed by atoms with Crippen molar-refractivity contribution in [2.45, 2.75) is 216 Å². The van der Waals surface area contributed by atoms with Gasteiger partial charge in [0.15, 0.2) is 5.96 Å². The van der Waals surface area contributed by atoms with Crippen LogP contribution in [0.5, 0.6) is 0 Å². The summed E-state index contributed by atoms with van der Waals surface area (Å²) in [5.74, 6) is -11.7. The third-order valence-corrected chi connectivity index (χ3v) is 18.9. The highest BCUT2D eigenvalue weighted by Gasteiger charge is 2.43. The zero-order valence-electron chi connectivity index (χ0n) is 63.5. The molecule has 2 aromatic carbocycles. The molecule has 0 aliphatic carbocycles. The van der Waals surface area contributed by atoms with Gasteiger partial charge in [-0.05, 0) is 152 Å². The van der Waals surface area contributed by atoms with Gasteiger partial charge in [0.2, 0.25) is 82.7 Å². The molecule has 24 N–H and O–H groups in total. The number of carbonyl (C=O) groups excluding carboxylic acids is 15. The smallest absolute Gasteiger partial charge is 0.328 e. The van der Waals surface area contributed by atoms with E-state index >= 15 is 0 Å². The minimum absolute atomic E-state index is 0.0581. The molecule has 36 nitrogen and oxygen atoms in total. The van der Waals surface area contributed by atoms with Crippen molar-refractivity contribution < 1.29 is 76.7 Å². The van der Waals surface area contributed by atoms with Gasteiger partial charge in [-0.2, -0.15) is 11.8 Å². The summed E-state index contributed by atoms with van der Waals surface area (Å²) in [5.41, 5.74) is 40.7. The second kappa shape index (κ2) is 49.9. The molecule has 110 heavy (non-hydrogen) atoms. The monoisotopic (exact) mass is 1560 g/mol. The van der Waals surface area contributed by atoms with Gasteiger partial charge in [-0.1, -0.05) is 74.5 Å². The molecule has 2 aromatic rings. The number of ether oxygens (including phenoxy) is 1. The summed E-state index contributed by atoms with van der Waals surface area (Å²) in [4.78, 5) is 214. The van der Waals surface area contributed by atoms with E-state index in [-0.39, 0.29) is 102 Å². The molecular weight excluding hydrogens is 1440 g/mol. The SMILES string of the molecule is CCOC(=O)[C@H](CCCCN)NC(=O)CNC(=O)[C@H](CCSC)NC(=O)[C@H](CC(C)C)NC(=O)CNC(=O)[C@H](Cc1ccccc1)NC(=O)[C@H](Cc1ccccc1)NC(=O)[C@H](CCC(N)=O)NC(=O)[C@H](CCC(N)=O)NC(=O)[C@@H]1CCCN1C(=O)[C@H](CCCCN)NC(=O)[C@@H]1CCCN1C(=O)[C@@H](N)CCCN=C(N)N. The molecule has 4 rings (SSSR count). The van der Waals surface area contributed by atoms with Crippen LogP contribution in [-0.2, 0) is 89.5 Å². The summed E-state index contributed by atoms with van der Waals surface area (Å²) >= 11 is 1.39. The van der Waals surface area contributed by atoms with E-state index in [1.807, 2.05) is 0 Å². The minimum Gasteiger partial charge on any atom is -0.464 e. The van der Waals surface area contributed by atoms with Crippen LogP contribution in [0.4, 0.5) is 0 Å². The van der Waals surface area contributed by atoms with Crippen LogP contribution in [0.3, 0.4) is 0 Å². The fourth-order valence-electron chi connectivity index (χ4n) is 12.5. The van der Waals surface area contributed by atoms with Crippen LogP contribution in [-0.4, -0.2) is 235 Å². The number of hydrogen-bond donors (Lipinski definition) is 17. The number of nitrogens with one attached hydrogen (secondary N) is 10. The van der Waals surface area contributed by atoms with E-state index < -0.39 is 194 Å². The Morgan fingerprint density at radius 1 is 0.500 bits per heavy atom. The number of primary amides is 2. The largest absolute Gasteiger partial charge is 0.464 e. The number of nitrogens with zero attached hydrogens (tertiary/aromatic N) is 3. The first-order chi connectivity index (χ1) is 52.5. The van der Waals surface area contributed by atoms with Crippen molar-refractivity contribution in [2.24, 2.45) is 51.0 Å². The molecule has 37 heteroatoms. The molecule has 0 saturated carbocycles. The van der Waals surface area contributed by atoms with Crippen molar-refractivity contribution in [3.8, 4) is 0 Å². The molecule has 0 aromatic heterocycles. The number of benzene rings is 2. The fourth-order valence-corrected chi connectivity index (χ4v) is 13.0.